The lowest BCUT2D eigenvalue weighted by Crippen LogP contribution is -2.06. The van der Waals surface area contributed by atoms with Gasteiger partial charge in [0, 0.05) is 37.8 Å². The topological polar surface area (TPSA) is 34.9 Å². The largest absolute Gasteiger partial charge is 0.338 e. The number of nitrogens with zero attached hydrogens (tertiary/aromatic N) is 2. The average molecular weight is 242 g/mol. The van der Waals surface area contributed by atoms with Crippen molar-refractivity contribution in [3.63, 3.8) is 0 Å². The lowest BCUT2D eigenvalue weighted by molar-refractivity contribution is 0.0981. The van der Waals surface area contributed by atoms with E-state index in [2.05, 4.69) is 4.98 Å². The number of hydrogen-bond acceptors (Lipinski definition) is 2. The Labute approximate surface area is 107 Å². The summed E-state index contributed by atoms with van der Waals surface area (Å²) in [6.07, 6.45) is 4.86. The van der Waals surface area contributed by atoms with Gasteiger partial charge >= 0.3 is 0 Å². The summed E-state index contributed by atoms with van der Waals surface area (Å²) in [4.78, 5) is 16.4. The molecule has 1 heterocycles. The fourth-order valence-electron chi connectivity index (χ4n) is 2.05. The number of aryl methyl sites for hydroxylation is 3. The molecule has 1 aromatic heterocycles. The molecule has 2 aromatic rings. The molecule has 2 rings (SSSR count). The standard InChI is InChI=1S/C15H18N2O/c1-11-5-4-6-13(12(11)2)14(18)7-8-15-16-9-10-17(15)3/h4-6,9-10H,7-8H2,1-3H3. The minimum absolute atomic E-state index is 0.194. The molecule has 0 atom stereocenters. The molecule has 0 aliphatic rings. The van der Waals surface area contributed by atoms with Crippen molar-refractivity contribution in [3.05, 3.63) is 53.1 Å². The van der Waals surface area contributed by atoms with E-state index < -0.39 is 0 Å². The predicted molar refractivity (Wildman–Crippen MR) is 71.8 cm³/mol. The van der Waals surface area contributed by atoms with Crippen LogP contribution >= 0.6 is 0 Å². The van der Waals surface area contributed by atoms with Gasteiger partial charge in [0.15, 0.2) is 5.78 Å². The van der Waals surface area contributed by atoms with Crippen molar-refractivity contribution in [2.45, 2.75) is 26.7 Å². The van der Waals surface area contributed by atoms with E-state index in [-0.39, 0.29) is 5.78 Å². The molecule has 94 valence electrons. The molecule has 0 unspecified atom stereocenters. The molecule has 0 spiro atoms. The Morgan fingerprint density at radius 3 is 2.78 bits per heavy atom. The Balaban J connectivity index is 2.09. The zero-order valence-corrected chi connectivity index (χ0v) is 11.1. The Bertz CT molecular complexity index is 570. The Hall–Kier alpha value is -1.90. The summed E-state index contributed by atoms with van der Waals surface area (Å²) in [5.41, 5.74) is 3.09. The van der Waals surface area contributed by atoms with Gasteiger partial charge in [-0.3, -0.25) is 4.79 Å². The quantitative estimate of drug-likeness (QED) is 0.773. The molecule has 0 N–H and O–H groups in total. The normalized spacial score (nSPS) is 10.6. The van der Waals surface area contributed by atoms with Crippen molar-refractivity contribution in [2.24, 2.45) is 7.05 Å². The van der Waals surface area contributed by atoms with Crippen LogP contribution in [0.15, 0.2) is 30.6 Å². The fraction of sp³-hybridized carbons (Fsp3) is 0.333. The molecule has 0 saturated heterocycles. The van der Waals surface area contributed by atoms with Gasteiger partial charge in [-0.15, -0.1) is 0 Å². The molecule has 3 heteroatoms. The average Bonchev–Trinajstić information content (AvgIpc) is 2.75. The van der Waals surface area contributed by atoms with Gasteiger partial charge in [0.2, 0.25) is 0 Å². The van der Waals surface area contributed by atoms with E-state index in [1.54, 1.807) is 6.20 Å². The Kier molecular flexibility index (Phi) is 3.60. The number of rotatable bonds is 4. The maximum absolute atomic E-state index is 12.2. The van der Waals surface area contributed by atoms with E-state index in [0.29, 0.717) is 12.8 Å². The van der Waals surface area contributed by atoms with Gasteiger partial charge in [-0.05, 0) is 25.0 Å². The summed E-state index contributed by atoms with van der Waals surface area (Å²) in [5, 5.41) is 0. The smallest absolute Gasteiger partial charge is 0.163 e. The third kappa shape index (κ3) is 2.50. The number of carbonyl (C=O) groups is 1. The Morgan fingerprint density at radius 1 is 1.33 bits per heavy atom. The van der Waals surface area contributed by atoms with Crippen LogP contribution in [-0.4, -0.2) is 15.3 Å². The number of hydrogen-bond donors (Lipinski definition) is 0. The van der Waals surface area contributed by atoms with E-state index in [1.807, 2.05) is 49.9 Å². The number of Topliss-reactive ketones (excluding diaryl/α,β-unsaturated/α-hetero) is 1. The number of aromatic nitrogens is 2. The van der Waals surface area contributed by atoms with Gasteiger partial charge in [-0.1, -0.05) is 18.2 Å². The molecule has 0 radical (unpaired) electrons. The van der Waals surface area contributed by atoms with Crippen LogP contribution in [0.3, 0.4) is 0 Å². The summed E-state index contributed by atoms with van der Waals surface area (Å²) >= 11 is 0. The van der Waals surface area contributed by atoms with Crippen LogP contribution in [0.1, 0.15) is 33.7 Å². The second-order valence-corrected chi connectivity index (χ2v) is 4.63. The number of ketones is 1. The highest BCUT2D eigenvalue weighted by Gasteiger charge is 2.11. The first-order chi connectivity index (χ1) is 8.59. The SMILES string of the molecule is Cc1cccc(C(=O)CCc2nccn2C)c1C. The first kappa shape index (κ1) is 12.6. The first-order valence-electron chi connectivity index (χ1n) is 6.15. The first-order valence-corrected chi connectivity index (χ1v) is 6.15. The molecule has 0 amide bonds. The number of benzene rings is 1. The van der Waals surface area contributed by atoms with Crippen LogP contribution in [0.2, 0.25) is 0 Å². The molecular formula is C15H18N2O. The van der Waals surface area contributed by atoms with E-state index in [4.69, 9.17) is 0 Å². The maximum Gasteiger partial charge on any atom is 0.163 e. The van der Waals surface area contributed by atoms with Crippen LogP contribution in [0.4, 0.5) is 0 Å². The molecular weight excluding hydrogens is 224 g/mol. The lowest BCUT2D eigenvalue weighted by atomic mass is 9.98. The van der Waals surface area contributed by atoms with Gasteiger partial charge in [0.1, 0.15) is 5.82 Å². The second-order valence-electron chi connectivity index (χ2n) is 4.63. The maximum atomic E-state index is 12.2. The summed E-state index contributed by atoms with van der Waals surface area (Å²) < 4.78 is 1.95. The minimum Gasteiger partial charge on any atom is -0.338 e. The highest BCUT2D eigenvalue weighted by atomic mass is 16.1. The van der Waals surface area contributed by atoms with Crippen molar-refractivity contribution in [1.29, 1.82) is 0 Å². The zero-order chi connectivity index (χ0) is 13.1. The van der Waals surface area contributed by atoms with Crippen molar-refractivity contribution >= 4 is 5.78 Å². The van der Waals surface area contributed by atoms with Crippen LogP contribution in [0, 0.1) is 13.8 Å². The van der Waals surface area contributed by atoms with E-state index >= 15 is 0 Å². The van der Waals surface area contributed by atoms with E-state index in [9.17, 15) is 4.79 Å². The second kappa shape index (κ2) is 5.17. The van der Waals surface area contributed by atoms with E-state index in [0.717, 1.165) is 22.5 Å². The summed E-state index contributed by atoms with van der Waals surface area (Å²) in [7, 11) is 1.95. The van der Waals surface area contributed by atoms with Crippen molar-refractivity contribution in [1.82, 2.24) is 9.55 Å². The number of carbonyl (C=O) groups excluding carboxylic acids is 1. The van der Waals surface area contributed by atoms with Gasteiger partial charge in [0.25, 0.3) is 0 Å². The Morgan fingerprint density at radius 2 is 2.11 bits per heavy atom. The zero-order valence-electron chi connectivity index (χ0n) is 11.1. The van der Waals surface area contributed by atoms with Crippen LogP contribution in [0.5, 0.6) is 0 Å². The molecule has 0 saturated carbocycles. The van der Waals surface area contributed by atoms with Gasteiger partial charge in [-0.2, -0.15) is 0 Å². The fourth-order valence-corrected chi connectivity index (χ4v) is 2.05. The molecule has 0 fully saturated rings. The molecule has 0 aliphatic carbocycles. The van der Waals surface area contributed by atoms with Crippen molar-refractivity contribution < 1.29 is 4.79 Å². The van der Waals surface area contributed by atoms with Crippen LogP contribution in [-0.2, 0) is 13.5 Å². The highest BCUT2D eigenvalue weighted by Crippen LogP contribution is 2.15. The predicted octanol–water partition coefficient (Wildman–Crippen LogP) is 2.85. The summed E-state index contributed by atoms with van der Waals surface area (Å²) in [6.45, 7) is 4.04. The highest BCUT2D eigenvalue weighted by molar-refractivity contribution is 5.97. The van der Waals surface area contributed by atoms with Crippen LogP contribution in [0.25, 0.3) is 0 Å². The molecule has 0 aliphatic heterocycles. The van der Waals surface area contributed by atoms with Crippen molar-refractivity contribution in [2.75, 3.05) is 0 Å². The third-order valence-electron chi connectivity index (χ3n) is 3.40. The molecule has 0 bridgehead atoms. The van der Waals surface area contributed by atoms with Crippen molar-refractivity contribution in [3.8, 4) is 0 Å². The monoisotopic (exact) mass is 242 g/mol. The minimum atomic E-state index is 0.194. The van der Waals surface area contributed by atoms with E-state index in [1.165, 1.54) is 0 Å². The lowest BCUT2D eigenvalue weighted by Gasteiger charge is -2.07. The molecule has 18 heavy (non-hydrogen) atoms. The van der Waals surface area contributed by atoms with Crippen LogP contribution < -0.4 is 0 Å². The third-order valence-corrected chi connectivity index (χ3v) is 3.40. The van der Waals surface area contributed by atoms with Gasteiger partial charge in [-0.25, -0.2) is 4.98 Å². The van der Waals surface area contributed by atoms with Gasteiger partial charge < -0.3 is 4.57 Å². The summed E-state index contributed by atoms with van der Waals surface area (Å²) in [6, 6.07) is 5.88. The molecule has 1 aromatic carbocycles. The van der Waals surface area contributed by atoms with Gasteiger partial charge in [0.05, 0.1) is 0 Å². The molecule has 3 nitrogen and oxygen atoms in total. The summed E-state index contributed by atoms with van der Waals surface area (Å²) in [5.74, 6) is 1.15. The number of imidazole rings is 1.